The van der Waals surface area contributed by atoms with Crippen molar-refractivity contribution in [3.8, 4) is 11.3 Å². The molecule has 32 heavy (non-hydrogen) atoms. The number of nitrogens with two attached hydrogens (primary N) is 1. The number of hydrogen-bond donors (Lipinski definition) is 3. The quantitative estimate of drug-likeness (QED) is 0.389. The number of amides is 3. The van der Waals surface area contributed by atoms with Gasteiger partial charge in [-0.15, -0.1) is 0 Å². The smallest absolute Gasteiger partial charge is 0.316 e. The monoisotopic (exact) mass is 445 g/mol. The van der Waals surface area contributed by atoms with Crippen LogP contribution in [-0.4, -0.2) is 21.7 Å². The van der Waals surface area contributed by atoms with Gasteiger partial charge < -0.3 is 16.4 Å². The fraction of sp³-hybridized carbons (Fsp3) is 0.0417. The number of nitrogens with one attached hydrogen (secondary N) is 2. The number of rotatable bonds is 6. The van der Waals surface area contributed by atoms with Crippen LogP contribution in [0.5, 0.6) is 0 Å². The average molecular weight is 446 g/mol. The maximum atomic E-state index is 13.2. The zero-order chi connectivity index (χ0) is 22.5. The van der Waals surface area contributed by atoms with E-state index in [1.54, 1.807) is 47.3 Å². The third-order valence-electron chi connectivity index (χ3n) is 4.70. The first-order valence-corrected chi connectivity index (χ1v) is 10.2. The molecule has 0 bridgehead atoms. The Morgan fingerprint density at radius 1 is 0.906 bits per heavy atom. The molecule has 4 N–H and O–H groups in total. The summed E-state index contributed by atoms with van der Waals surface area (Å²) in [4.78, 5) is 24.3. The second-order valence-corrected chi connectivity index (χ2v) is 7.54. The Morgan fingerprint density at radius 2 is 1.59 bits per heavy atom. The Morgan fingerprint density at radius 3 is 2.28 bits per heavy atom. The van der Waals surface area contributed by atoms with Gasteiger partial charge >= 0.3 is 6.03 Å². The summed E-state index contributed by atoms with van der Waals surface area (Å²) in [5, 5.41) is 10.6. The second kappa shape index (κ2) is 9.36. The van der Waals surface area contributed by atoms with Crippen molar-refractivity contribution in [2.45, 2.75) is 6.54 Å². The number of carbonyl (C=O) groups excluding carboxylic acids is 2. The van der Waals surface area contributed by atoms with Crippen molar-refractivity contribution in [1.82, 2.24) is 9.78 Å². The van der Waals surface area contributed by atoms with Gasteiger partial charge in [0.25, 0.3) is 5.91 Å². The Balaban J connectivity index is 1.65. The molecule has 0 saturated carbocycles. The topological polar surface area (TPSA) is 102 Å². The first-order valence-electron chi connectivity index (χ1n) is 9.83. The molecule has 0 aliphatic rings. The molecule has 3 aromatic carbocycles. The van der Waals surface area contributed by atoms with Gasteiger partial charge in [-0.2, -0.15) is 5.10 Å². The molecule has 7 nitrogen and oxygen atoms in total. The van der Waals surface area contributed by atoms with Crippen molar-refractivity contribution < 1.29 is 9.59 Å². The summed E-state index contributed by atoms with van der Waals surface area (Å²) in [7, 11) is 0. The van der Waals surface area contributed by atoms with Gasteiger partial charge in [0.15, 0.2) is 0 Å². The largest absolute Gasteiger partial charge is 0.351 e. The number of aromatic nitrogens is 2. The average Bonchev–Trinajstić information content (AvgIpc) is 3.18. The summed E-state index contributed by atoms with van der Waals surface area (Å²) in [5.74, 6) is -0.328. The van der Waals surface area contributed by atoms with Crippen LogP contribution < -0.4 is 16.4 Å². The van der Waals surface area contributed by atoms with Gasteiger partial charge in [0.05, 0.1) is 12.1 Å². The predicted octanol–water partition coefficient (Wildman–Crippen LogP) is 4.99. The number of carbonyl (C=O) groups is 2. The van der Waals surface area contributed by atoms with Crippen LogP contribution in [-0.2, 0) is 6.54 Å². The van der Waals surface area contributed by atoms with Crippen molar-refractivity contribution in [2.24, 2.45) is 5.73 Å². The van der Waals surface area contributed by atoms with Crippen molar-refractivity contribution in [3.05, 3.63) is 101 Å². The molecule has 0 fully saturated rings. The van der Waals surface area contributed by atoms with Gasteiger partial charge in [0.2, 0.25) is 0 Å². The van der Waals surface area contributed by atoms with E-state index in [9.17, 15) is 9.59 Å². The van der Waals surface area contributed by atoms with Crippen LogP contribution in [0.1, 0.15) is 15.9 Å². The van der Waals surface area contributed by atoms with Crippen LogP contribution >= 0.6 is 11.6 Å². The van der Waals surface area contributed by atoms with Crippen LogP contribution in [0.25, 0.3) is 11.3 Å². The zero-order valence-corrected chi connectivity index (χ0v) is 17.7. The second-order valence-electron chi connectivity index (χ2n) is 7.11. The van der Waals surface area contributed by atoms with Gasteiger partial charge in [-0.05, 0) is 35.9 Å². The van der Waals surface area contributed by atoms with E-state index < -0.39 is 6.03 Å². The van der Waals surface area contributed by atoms with E-state index in [1.165, 1.54) is 0 Å². The summed E-state index contributed by atoms with van der Waals surface area (Å²) >= 11 is 6.03. The maximum Gasteiger partial charge on any atom is 0.316 e. The molecule has 8 heteroatoms. The summed E-state index contributed by atoms with van der Waals surface area (Å²) < 4.78 is 1.74. The lowest BCUT2D eigenvalue weighted by atomic mass is 10.1. The molecular formula is C24H20ClN5O2. The van der Waals surface area contributed by atoms with E-state index in [0.717, 1.165) is 11.1 Å². The summed E-state index contributed by atoms with van der Waals surface area (Å²) in [5.41, 5.74) is 8.96. The van der Waals surface area contributed by atoms with Gasteiger partial charge in [0.1, 0.15) is 5.69 Å². The lowest BCUT2D eigenvalue weighted by molar-refractivity contribution is 0.102. The fourth-order valence-corrected chi connectivity index (χ4v) is 3.40. The van der Waals surface area contributed by atoms with Gasteiger partial charge in [-0.1, -0.05) is 60.1 Å². The van der Waals surface area contributed by atoms with E-state index in [2.05, 4.69) is 15.7 Å². The molecule has 0 radical (unpaired) electrons. The minimum atomic E-state index is -0.680. The fourth-order valence-electron chi connectivity index (χ4n) is 3.28. The molecule has 4 rings (SSSR count). The van der Waals surface area contributed by atoms with Crippen LogP contribution in [0.4, 0.5) is 16.2 Å². The predicted molar refractivity (Wildman–Crippen MR) is 126 cm³/mol. The molecule has 1 aromatic heterocycles. The number of hydrogen-bond acceptors (Lipinski definition) is 3. The highest BCUT2D eigenvalue weighted by Gasteiger charge is 2.19. The maximum absolute atomic E-state index is 13.2. The summed E-state index contributed by atoms with van der Waals surface area (Å²) in [6.07, 6.45) is 1.72. The van der Waals surface area contributed by atoms with E-state index in [0.29, 0.717) is 34.2 Å². The van der Waals surface area contributed by atoms with E-state index in [1.807, 2.05) is 42.5 Å². The highest BCUT2D eigenvalue weighted by molar-refractivity contribution is 6.30. The molecule has 0 atom stereocenters. The lowest BCUT2D eigenvalue weighted by Gasteiger charge is -2.08. The van der Waals surface area contributed by atoms with Crippen molar-refractivity contribution in [3.63, 3.8) is 0 Å². The SMILES string of the molecule is NC(=O)Nc1cccc(NC(=O)c2cn(Cc3ccccc3)nc2-c2ccc(Cl)cc2)c1. The molecule has 0 aliphatic heterocycles. The standard InChI is InChI=1S/C24H20ClN5O2/c25-18-11-9-17(10-12-18)22-21(15-30(29-22)14-16-5-2-1-3-6-16)23(31)27-19-7-4-8-20(13-19)28-24(26)32/h1-13,15H,14H2,(H,27,31)(H3,26,28,32). The third kappa shape index (κ3) is 5.14. The molecule has 0 aliphatic carbocycles. The minimum absolute atomic E-state index is 0.328. The number of benzene rings is 3. The molecule has 0 spiro atoms. The lowest BCUT2D eigenvalue weighted by Crippen LogP contribution is -2.19. The molecule has 160 valence electrons. The third-order valence-corrected chi connectivity index (χ3v) is 4.95. The Labute approximate surface area is 189 Å². The highest BCUT2D eigenvalue weighted by atomic mass is 35.5. The van der Waals surface area contributed by atoms with Crippen LogP contribution in [0, 0.1) is 0 Å². The van der Waals surface area contributed by atoms with E-state index >= 15 is 0 Å². The van der Waals surface area contributed by atoms with Crippen molar-refractivity contribution >= 4 is 34.9 Å². The first kappa shape index (κ1) is 21.1. The van der Waals surface area contributed by atoms with E-state index in [4.69, 9.17) is 17.3 Å². The van der Waals surface area contributed by atoms with E-state index in [-0.39, 0.29) is 5.91 Å². The molecular weight excluding hydrogens is 426 g/mol. The summed E-state index contributed by atoms with van der Waals surface area (Å²) in [6.45, 7) is 0.521. The number of halogens is 1. The van der Waals surface area contributed by atoms with Crippen molar-refractivity contribution in [2.75, 3.05) is 10.6 Å². The molecule has 0 unspecified atom stereocenters. The number of nitrogens with zero attached hydrogens (tertiary/aromatic N) is 2. The number of anilines is 2. The Kier molecular flexibility index (Phi) is 6.19. The molecule has 0 saturated heterocycles. The molecule has 4 aromatic rings. The van der Waals surface area contributed by atoms with Crippen LogP contribution in [0.3, 0.4) is 0 Å². The zero-order valence-electron chi connectivity index (χ0n) is 17.0. The molecule has 3 amide bonds. The Hall–Kier alpha value is -4.10. The van der Waals surface area contributed by atoms with Crippen LogP contribution in [0.2, 0.25) is 5.02 Å². The normalized spacial score (nSPS) is 10.5. The van der Waals surface area contributed by atoms with Gasteiger partial charge in [-0.3, -0.25) is 9.48 Å². The summed E-state index contributed by atoms with van der Waals surface area (Å²) in [6, 6.07) is 23.1. The minimum Gasteiger partial charge on any atom is -0.351 e. The highest BCUT2D eigenvalue weighted by Crippen LogP contribution is 2.26. The van der Waals surface area contributed by atoms with Crippen LogP contribution in [0.15, 0.2) is 85.1 Å². The first-order chi connectivity index (χ1) is 15.5. The molecule has 1 heterocycles. The number of primary amides is 1. The Bertz CT molecular complexity index is 1250. The van der Waals surface area contributed by atoms with Gasteiger partial charge in [-0.25, -0.2) is 4.79 Å². The van der Waals surface area contributed by atoms with Gasteiger partial charge in [0, 0.05) is 28.2 Å². The number of urea groups is 1. The van der Waals surface area contributed by atoms with Crippen molar-refractivity contribution in [1.29, 1.82) is 0 Å².